The second-order valence-electron chi connectivity index (χ2n) is 7.66. The molecule has 1 aromatic rings. The third-order valence-corrected chi connectivity index (χ3v) is 5.73. The van der Waals surface area contributed by atoms with Gasteiger partial charge >= 0.3 is 0 Å². The molecule has 24 heavy (non-hydrogen) atoms. The van der Waals surface area contributed by atoms with Crippen LogP contribution in [-0.4, -0.2) is 18.8 Å². The molecule has 2 fully saturated rings. The molecule has 0 N–H and O–H groups in total. The van der Waals surface area contributed by atoms with Crippen LogP contribution < -0.4 is 0 Å². The van der Waals surface area contributed by atoms with Crippen LogP contribution in [0, 0.1) is 5.92 Å². The predicted molar refractivity (Wildman–Crippen MR) is 99.0 cm³/mol. The molecule has 1 heterocycles. The molecular formula is C22H34O2. The van der Waals surface area contributed by atoms with Gasteiger partial charge in [0.05, 0.1) is 18.8 Å². The van der Waals surface area contributed by atoms with Gasteiger partial charge in [-0.2, -0.15) is 0 Å². The Kier molecular flexibility index (Phi) is 7.63. The molecule has 1 saturated heterocycles. The van der Waals surface area contributed by atoms with Gasteiger partial charge in [-0.3, -0.25) is 0 Å². The molecule has 0 spiro atoms. The zero-order valence-corrected chi connectivity index (χ0v) is 15.1. The first-order valence-corrected chi connectivity index (χ1v) is 10.2. The van der Waals surface area contributed by atoms with E-state index in [1.54, 1.807) is 0 Å². The highest BCUT2D eigenvalue weighted by molar-refractivity contribution is 5.13. The first kappa shape index (κ1) is 17.9. The topological polar surface area (TPSA) is 18.5 Å². The summed E-state index contributed by atoms with van der Waals surface area (Å²) in [5.74, 6) is 0.857. The molecule has 134 valence electrons. The minimum atomic E-state index is 0.514. The summed E-state index contributed by atoms with van der Waals surface area (Å²) in [5.41, 5.74) is 1.27. The van der Waals surface area contributed by atoms with Crippen LogP contribution in [0.4, 0.5) is 0 Å². The summed E-state index contributed by atoms with van der Waals surface area (Å²) in [6.45, 7) is 1.61. The van der Waals surface area contributed by atoms with Crippen LogP contribution in [0.2, 0.25) is 0 Å². The Hall–Kier alpha value is -0.860. The van der Waals surface area contributed by atoms with Gasteiger partial charge in [0.15, 0.2) is 0 Å². The summed E-state index contributed by atoms with van der Waals surface area (Å²) >= 11 is 0. The molecule has 3 rings (SSSR count). The molecule has 0 aromatic heterocycles. The molecule has 2 atom stereocenters. The first-order valence-electron chi connectivity index (χ1n) is 10.2. The first-order chi connectivity index (χ1) is 11.9. The number of benzene rings is 1. The maximum Gasteiger partial charge on any atom is 0.0716 e. The average Bonchev–Trinajstić information content (AvgIpc) is 2.66. The molecule has 2 nitrogen and oxygen atoms in total. The van der Waals surface area contributed by atoms with Crippen LogP contribution in [0.25, 0.3) is 0 Å². The molecule has 0 bridgehead atoms. The van der Waals surface area contributed by atoms with Gasteiger partial charge in [-0.05, 0) is 62.8 Å². The zero-order valence-electron chi connectivity index (χ0n) is 15.1. The van der Waals surface area contributed by atoms with E-state index in [-0.39, 0.29) is 0 Å². The van der Waals surface area contributed by atoms with Crippen LogP contribution in [0.5, 0.6) is 0 Å². The second-order valence-corrected chi connectivity index (χ2v) is 7.66. The lowest BCUT2D eigenvalue weighted by Gasteiger charge is -2.37. The van der Waals surface area contributed by atoms with E-state index in [4.69, 9.17) is 9.47 Å². The molecule has 0 radical (unpaired) electrons. The summed E-state index contributed by atoms with van der Waals surface area (Å²) in [6.07, 6.45) is 15.7. The minimum Gasteiger partial charge on any atom is -0.377 e. The van der Waals surface area contributed by atoms with Gasteiger partial charge in [-0.1, -0.05) is 49.6 Å². The van der Waals surface area contributed by atoms with E-state index in [2.05, 4.69) is 24.3 Å². The van der Waals surface area contributed by atoms with Crippen molar-refractivity contribution in [1.82, 2.24) is 0 Å². The molecule has 1 saturated carbocycles. The van der Waals surface area contributed by atoms with Crippen molar-refractivity contribution in [3.8, 4) is 0 Å². The molecule has 0 amide bonds. The van der Waals surface area contributed by atoms with Crippen molar-refractivity contribution in [2.24, 2.45) is 5.92 Å². The van der Waals surface area contributed by atoms with Crippen LogP contribution >= 0.6 is 0 Å². The Balaban J connectivity index is 1.26. The lowest BCUT2D eigenvalue weighted by molar-refractivity contribution is -0.0873. The SMILES string of the molecule is c1ccc(COCCCCC2CCC[C@H](C3CCCCC3)O2)cc1. The molecule has 1 aliphatic carbocycles. The van der Waals surface area contributed by atoms with E-state index in [9.17, 15) is 0 Å². The molecule has 2 aliphatic rings. The number of rotatable bonds is 8. The quantitative estimate of drug-likeness (QED) is 0.553. The van der Waals surface area contributed by atoms with Crippen molar-refractivity contribution < 1.29 is 9.47 Å². The van der Waals surface area contributed by atoms with Crippen molar-refractivity contribution in [3.63, 3.8) is 0 Å². The highest BCUT2D eigenvalue weighted by Crippen LogP contribution is 2.34. The lowest BCUT2D eigenvalue weighted by Crippen LogP contribution is -2.34. The van der Waals surface area contributed by atoms with E-state index < -0.39 is 0 Å². The van der Waals surface area contributed by atoms with Gasteiger partial charge < -0.3 is 9.47 Å². The predicted octanol–water partition coefficient (Wildman–Crippen LogP) is 5.89. The van der Waals surface area contributed by atoms with Crippen LogP contribution in [0.3, 0.4) is 0 Å². The van der Waals surface area contributed by atoms with Crippen LogP contribution in [0.1, 0.15) is 76.2 Å². The third kappa shape index (κ3) is 5.89. The average molecular weight is 331 g/mol. The summed E-state index contributed by atoms with van der Waals surface area (Å²) in [6, 6.07) is 10.4. The summed E-state index contributed by atoms with van der Waals surface area (Å²) in [7, 11) is 0. The maximum atomic E-state index is 6.46. The fourth-order valence-corrected chi connectivity index (χ4v) is 4.34. The molecule has 1 unspecified atom stereocenters. The Bertz CT molecular complexity index is 439. The highest BCUT2D eigenvalue weighted by atomic mass is 16.5. The van der Waals surface area contributed by atoms with Gasteiger partial charge in [0, 0.05) is 6.61 Å². The molecule has 1 aromatic carbocycles. The fourth-order valence-electron chi connectivity index (χ4n) is 4.34. The smallest absolute Gasteiger partial charge is 0.0716 e. The van der Waals surface area contributed by atoms with Crippen LogP contribution in [0.15, 0.2) is 30.3 Å². The third-order valence-electron chi connectivity index (χ3n) is 5.73. The Labute approximate surface area is 147 Å². The van der Waals surface area contributed by atoms with Gasteiger partial charge in [0.25, 0.3) is 0 Å². The summed E-state index contributed by atoms with van der Waals surface area (Å²) < 4.78 is 12.2. The monoisotopic (exact) mass is 330 g/mol. The van der Waals surface area contributed by atoms with Crippen LogP contribution in [-0.2, 0) is 16.1 Å². The van der Waals surface area contributed by atoms with Crippen molar-refractivity contribution in [1.29, 1.82) is 0 Å². The highest BCUT2D eigenvalue weighted by Gasteiger charge is 2.29. The Morgan fingerprint density at radius 1 is 0.875 bits per heavy atom. The lowest BCUT2D eigenvalue weighted by atomic mass is 9.82. The maximum absolute atomic E-state index is 6.46. The van der Waals surface area contributed by atoms with Crippen molar-refractivity contribution in [2.45, 2.75) is 89.4 Å². The zero-order chi connectivity index (χ0) is 16.5. The van der Waals surface area contributed by atoms with Gasteiger partial charge in [-0.15, -0.1) is 0 Å². The van der Waals surface area contributed by atoms with Gasteiger partial charge in [0.1, 0.15) is 0 Å². The van der Waals surface area contributed by atoms with Gasteiger partial charge in [0.2, 0.25) is 0 Å². The Morgan fingerprint density at radius 2 is 1.71 bits per heavy atom. The minimum absolute atomic E-state index is 0.514. The Morgan fingerprint density at radius 3 is 2.54 bits per heavy atom. The summed E-state index contributed by atoms with van der Waals surface area (Å²) in [4.78, 5) is 0. The van der Waals surface area contributed by atoms with Crippen molar-refractivity contribution in [3.05, 3.63) is 35.9 Å². The normalized spacial score (nSPS) is 25.7. The fraction of sp³-hybridized carbons (Fsp3) is 0.727. The number of hydrogen-bond donors (Lipinski definition) is 0. The van der Waals surface area contributed by atoms with E-state index in [1.165, 1.54) is 69.8 Å². The van der Waals surface area contributed by atoms with E-state index in [1.807, 2.05) is 6.07 Å². The number of ether oxygens (including phenoxy) is 2. The van der Waals surface area contributed by atoms with Crippen molar-refractivity contribution >= 4 is 0 Å². The largest absolute Gasteiger partial charge is 0.377 e. The molecule has 2 heteroatoms. The molecule has 1 aliphatic heterocycles. The summed E-state index contributed by atoms with van der Waals surface area (Å²) in [5, 5.41) is 0. The van der Waals surface area contributed by atoms with E-state index in [0.29, 0.717) is 12.2 Å². The second kappa shape index (κ2) is 10.2. The number of hydrogen-bond acceptors (Lipinski definition) is 2. The standard InChI is InChI=1S/C22H34O2/c1-3-10-19(11-4-1)18-23-17-8-7-14-21-15-9-16-22(24-21)20-12-5-2-6-13-20/h1,3-4,10-11,20-22H,2,5-9,12-18H2/t21?,22-/m1/s1. The van der Waals surface area contributed by atoms with Gasteiger partial charge in [-0.25, -0.2) is 0 Å². The number of unbranched alkanes of at least 4 members (excludes halogenated alkanes) is 1. The van der Waals surface area contributed by atoms with E-state index >= 15 is 0 Å². The van der Waals surface area contributed by atoms with E-state index in [0.717, 1.165) is 25.6 Å². The molecular weight excluding hydrogens is 296 g/mol. The van der Waals surface area contributed by atoms with Crippen molar-refractivity contribution in [2.75, 3.05) is 6.61 Å².